The van der Waals surface area contributed by atoms with Crippen molar-refractivity contribution in [3.8, 4) is 5.75 Å². The lowest BCUT2D eigenvalue weighted by Gasteiger charge is -2.38. The Labute approximate surface area is 138 Å². The molecule has 4 atom stereocenters. The second-order valence-corrected chi connectivity index (χ2v) is 7.91. The van der Waals surface area contributed by atoms with Crippen molar-refractivity contribution in [1.29, 1.82) is 0 Å². The highest BCUT2D eigenvalue weighted by Gasteiger charge is 2.52. The van der Waals surface area contributed by atoms with E-state index in [0.29, 0.717) is 5.78 Å². The second kappa shape index (κ2) is 5.81. The SMILES string of the molecule is COc1cccc(/C=C/C(=O)C23CCCC4CC(CC4C2)C3)c1. The molecule has 0 aliphatic heterocycles. The number of rotatable bonds is 4. The number of ether oxygens (including phenoxy) is 1. The smallest absolute Gasteiger partial charge is 0.161 e. The molecule has 1 aromatic carbocycles. The van der Waals surface area contributed by atoms with Gasteiger partial charge in [0.05, 0.1) is 7.11 Å². The van der Waals surface area contributed by atoms with Crippen LogP contribution in [0, 0.1) is 23.2 Å². The van der Waals surface area contributed by atoms with Crippen LogP contribution < -0.4 is 4.74 Å². The molecule has 0 spiro atoms. The van der Waals surface area contributed by atoms with Crippen LogP contribution in [0.1, 0.15) is 50.5 Å². The van der Waals surface area contributed by atoms with Crippen molar-refractivity contribution in [2.45, 2.75) is 44.9 Å². The van der Waals surface area contributed by atoms with Crippen LogP contribution in [0.25, 0.3) is 6.08 Å². The molecule has 3 aliphatic rings. The first-order chi connectivity index (χ1) is 11.2. The van der Waals surface area contributed by atoms with E-state index in [-0.39, 0.29) is 5.41 Å². The second-order valence-electron chi connectivity index (χ2n) is 7.91. The van der Waals surface area contributed by atoms with Crippen molar-refractivity contribution in [1.82, 2.24) is 0 Å². The first-order valence-corrected chi connectivity index (χ1v) is 9.05. The van der Waals surface area contributed by atoms with Gasteiger partial charge >= 0.3 is 0 Å². The Balaban J connectivity index is 1.55. The molecule has 3 saturated carbocycles. The molecule has 3 fully saturated rings. The maximum absolute atomic E-state index is 13.1. The molecule has 122 valence electrons. The molecule has 0 aromatic heterocycles. The number of carbonyl (C=O) groups excluding carboxylic acids is 1. The van der Waals surface area contributed by atoms with Gasteiger partial charge in [-0.15, -0.1) is 0 Å². The number of hydrogen-bond donors (Lipinski definition) is 0. The molecule has 2 heteroatoms. The number of hydrogen-bond acceptors (Lipinski definition) is 2. The summed E-state index contributed by atoms with van der Waals surface area (Å²) in [6.07, 6.45) is 12.6. The van der Waals surface area contributed by atoms with Crippen LogP contribution in [0.2, 0.25) is 0 Å². The number of allylic oxidation sites excluding steroid dienone is 1. The zero-order chi connectivity index (χ0) is 15.9. The minimum atomic E-state index is -0.0474. The Bertz CT molecular complexity index is 632. The van der Waals surface area contributed by atoms with Gasteiger partial charge in [-0.05, 0) is 73.6 Å². The minimum Gasteiger partial charge on any atom is -0.497 e. The highest BCUT2D eigenvalue weighted by Crippen LogP contribution is 2.59. The Kier molecular flexibility index (Phi) is 3.79. The largest absolute Gasteiger partial charge is 0.497 e. The van der Waals surface area contributed by atoms with Crippen LogP contribution in [-0.4, -0.2) is 12.9 Å². The molecule has 3 bridgehead atoms. The van der Waals surface area contributed by atoms with Gasteiger partial charge in [-0.25, -0.2) is 0 Å². The van der Waals surface area contributed by atoms with Crippen molar-refractivity contribution < 1.29 is 9.53 Å². The summed E-state index contributed by atoms with van der Waals surface area (Å²) in [5.74, 6) is 3.77. The van der Waals surface area contributed by atoms with Gasteiger partial charge in [0.25, 0.3) is 0 Å². The fourth-order valence-electron chi connectivity index (χ4n) is 5.57. The molecule has 3 aliphatic carbocycles. The average Bonchev–Trinajstić information content (AvgIpc) is 2.78. The standard InChI is InChI=1S/C21H26O2/c1-23-19-6-2-4-15(12-19)7-8-20(22)21-9-3-5-17-10-16(13-21)11-18(17)14-21/h2,4,6-8,12,16-18H,3,5,9-11,13-14H2,1H3/b8-7+. The summed E-state index contributed by atoms with van der Waals surface area (Å²) in [6, 6.07) is 7.91. The maximum Gasteiger partial charge on any atom is 0.161 e. The maximum atomic E-state index is 13.1. The van der Waals surface area contributed by atoms with Crippen LogP contribution in [0.3, 0.4) is 0 Å². The molecular formula is C21H26O2. The Morgan fingerprint density at radius 1 is 1.26 bits per heavy atom. The van der Waals surface area contributed by atoms with Crippen LogP contribution in [-0.2, 0) is 4.79 Å². The third-order valence-corrected chi connectivity index (χ3v) is 6.55. The van der Waals surface area contributed by atoms with Crippen molar-refractivity contribution in [2.24, 2.45) is 23.2 Å². The quantitative estimate of drug-likeness (QED) is 0.741. The summed E-state index contributed by atoms with van der Waals surface area (Å²) in [7, 11) is 1.67. The summed E-state index contributed by atoms with van der Waals surface area (Å²) in [5, 5.41) is 0. The monoisotopic (exact) mass is 310 g/mol. The zero-order valence-corrected chi connectivity index (χ0v) is 14.0. The summed E-state index contributed by atoms with van der Waals surface area (Å²) in [6.45, 7) is 0. The van der Waals surface area contributed by atoms with Gasteiger partial charge in [0, 0.05) is 5.41 Å². The van der Waals surface area contributed by atoms with Gasteiger partial charge in [0.2, 0.25) is 0 Å². The number of carbonyl (C=O) groups is 1. The minimum absolute atomic E-state index is 0.0474. The fourth-order valence-corrected chi connectivity index (χ4v) is 5.57. The molecule has 0 saturated heterocycles. The van der Waals surface area contributed by atoms with E-state index in [9.17, 15) is 4.79 Å². The van der Waals surface area contributed by atoms with E-state index in [1.165, 1.54) is 25.7 Å². The van der Waals surface area contributed by atoms with E-state index in [1.54, 1.807) is 7.11 Å². The lowest BCUT2D eigenvalue weighted by atomic mass is 9.65. The normalized spacial score (nSPS) is 35.4. The van der Waals surface area contributed by atoms with Gasteiger partial charge in [-0.1, -0.05) is 31.1 Å². The lowest BCUT2D eigenvalue weighted by molar-refractivity contribution is -0.127. The Morgan fingerprint density at radius 3 is 3.00 bits per heavy atom. The Morgan fingerprint density at radius 2 is 2.13 bits per heavy atom. The number of methoxy groups -OCH3 is 1. The predicted molar refractivity (Wildman–Crippen MR) is 92.3 cm³/mol. The molecule has 4 unspecified atom stereocenters. The summed E-state index contributed by atoms with van der Waals surface area (Å²) < 4.78 is 5.26. The molecule has 4 rings (SSSR count). The third kappa shape index (κ3) is 2.73. The molecule has 2 nitrogen and oxygen atoms in total. The number of ketones is 1. The molecule has 0 radical (unpaired) electrons. The molecule has 0 amide bonds. The van der Waals surface area contributed by atoms with E-state index in [4.69, 9.17) is 4.74 Å². The fraction of sp³-hybridized carbons (Fsp3) is 0.571. The van der Waals surface area contributed by atoms with Crippen molar-refractivity contribution in [3.63, 3.8) is 0 Å². The summed E-state index contributed by atoms with van der Waals surface area (Å²) >= 11 is 0. The predicted octanol–water partition coefficient (Wildman–Crippen LogP) is 4.88. The third-order valence-electron chi connectivity index (χ3n) is 6.55. The molecule has 0 heterocycles. The number of benzene rings is 1. The zero-order valence-electron chi connectivity index (χ0n) is 14.0. The van der Waals surface area contributed by atoms with Gasteiger partial charge < -0.3 is 4.74 Å². The topological polar surface area (TPSA) is 26.3 Å². The van der Waals surface area contributed by atoms with Gasteiger partial charge in [0.15, 0.2) is 5.78 Å². The van der Waals surface area contributed by atoms with E-state index >= 15 is 0 Å². The average molecular weight is 310 g/mol. The van der Waals surface area contributed by atoms with Crippen molar-refractivity contribution in [3.05, 3.63) is 35.9 Å². The first-order valence-electron chi connectivity index (χ1n) is 9.05. The van der Waals surface area contributed by atoms with Crippen molar-refractivity contribution in [2.75, 3.05) is 7.11 Å². The highest BCUT2D eigenvalue weighted by molar-refractivity contribution is 5.98. The summed E-state index contributed by atoms with van der Waals surface area (Å²) in [4.78, 5) is 13.1. The van der Waals surface area contributed by atoms with Crippen molar-refractivity contribution >= 4 is 11.9 Å². The molecular weight excluding hydrogens is 284 g/mol. The van der Waals surface area contributed by atoms with Gasteiger partial charge in [-0.2, -0.15) is 0 Å². The molecule has 0 N–H and O–H groups in total. The van der Waals surface area contributed by atoms with Crippen LogP contribution in [0.5, 0.6) is 5.75 Å². The van der Waals surface area contributed by atoms with Gasteiger partial charge in [-0.3, -0.25) is 4.79 Å². The van der Waals surface area contributed by atoms with E-state index in [0.717, 1.165) is 48.3 Å². The van der Waals surface area contributed by atoms with Crippen LogP contribution >= 0.6 is 0 Å². The van der Waals surface area contributed by atoms with Gasteiger partial charge in [0.1, 0.15) is 5.75 Å². The highest BCUT2D eigenvalue weighted by atomic mass is 16.5. The summed E-state index contributed by atoms with van der Waals surface area (Å²) in [5.41, 5.74) is 0.994. The van der Waals surface area contributed by atoms with E-state index in [1.807, 2.05) is 36.4 Å². The first kappa shape index (κ1) is 15.0. The Hall–Kier alpha value is -1.57. The van der Waals surface area contributed by atoms with E-state index in [2.05, 4.69) is 0 Å². The lowest BCUT2D eigenvalue weighted by Crippen LogP contribution is -2.35. The van der Waals surface area contributed by atoms with Crippen LogP contribution in [0.15, 0.2) is 30.3 Å². The van der Waals surface area contributed by atoms with E-state index < -0.39 is 0 Å². The molecule has 1 aromatic rings. The van der Waals surface area contributed by atoms with Crippen LogP contribution in [0.4, 0.5) is 0 Å². The molecule has 23 heavy (non-hydrogen) atoms. The number of fused-ring (bicyclic) bond motifs is 2.